The van der Waals surface area contributed by atoms with Crippen molar-refractivity contribution in [2.45, 2.75) is 26.2 Å². The number of nitrogens with zero attached hydrogens (tertiary/aromatic N) is 1. The van der Waals surface area contributed by atoms with Gasteiger partial charge in [0.15, 0.2) is 12.4 Å². The van der Waals surface area contributed by atoms with E-state index in [1.165, 1.54) is 0 Å². The molecule has 0 heterocycles. The Balaban J connectivity index is 1.59. The molecule has 0 saturated carbocycles. The maximum Gasteiger partial charge on any atom is 0.264 e. The van der Waals surface area contributed by atoms with Crippen molar-refractivity contribution in [1.82, 2.24) is 4.90 Å². The fraction of sp³-hybridized carbons (Fsp3) is 0.273. The molecule has 0 spiro atoms. The lowest BCUT2D eigenvalue weighted by molar-refractivity contribution is -0.131. The molecule has 1 aliphatic carbocycles. The van der Waals surface area contributed by atoms with Gasteiger partial charge in [-0.15, -0.1) is 0 Å². The van der Waals surface area contributed by atoms with E-state index in [4.69, 9.17) is 4.74 Å². The predicted molar refractivity (Wildman–Crippen MR) is 101 cm³/mol. The molecule has 0 N–H and O–H groups in total. The van der Waals surface area contributed by atoms with Crippen LogP contribution in [0.3, 0.4) is 0 Å². The first-order valence-electron chi connectivity index (χ1n) is 9.01. The maximum atomic E-state index is 12.4. The Kier molecular flexibility index (Phi) is 5.84. The van der Waals surface area contributed by atoms with Crippen molar-refractivity contribution >= 4 is 11.7 Å². The summed E-state index contributed by atoms with van der Waals surface area (Å²) in [5, 5.41) is 0. The van der Waals surface area contributed by atoms with Crippen molar-refractivity contribution in [3.8, 4) is 5.75 Å². The largest absolute Gasteiger partial charge is 0.484 e. The van der Waals surface area contributed by atoms with Crippen LogP contribution in [0.1, 0.15) is 42.1 Å². The van der Waals surface area contributed by atoms with Crippen LogP contribution in [0.25, 0.3) is 0 Å². The van der Waals surface area contributed by atoms with Gasteiger partial charge >= 0.3 is 0 Å². The third-order valence-corrected chi connectivity index (χ3v) is 4.50. The van der Waals surface area contributed by atoms with Crippen LogP contribution in [-0.2, 0) is 4.79 Å². The SMILES string of the molecule is CCN(C(=O)COc1ccc(C(=O)c2ccccc2)cc1)C1=CCCC1. The zero-order valence-corrected chi connectivity index (χ0v) is 15.0. The normalized spacial score (nSPS) is 13.2. The fourth-order valence-corrected chi connectivity index (χ4v) is 3.12. The van der Waals surface area contributed by atoms with Gasteiger partial charge in [0.2, 0.25) is 0 Å². The Labute approximate surface area is 154 Å². The van der Waals surface area contributed by atoms with E-state index in [-0.39, 0.29) is 18.3 Å². The third kappa shape index (κ3) is 4.20. The third-order valence-electron chi connectivity index (χ3n) is 4.50. The van der Waals surface area contributed by atoms with Crippen molar-refractivity contribution in [2.75, 3.05) is 13.2 Å². The molecule has 3 rings (SSSR count). The molecule has 0 aromatic heterocycles. The van der Waals surface area contributed by atoms with Gasteiger partial charge in [0.05, 0.1) is 0 Å². The van der Waals surface area contributed by atoms with Gasteiger partial charge < -0.3 is 9.64 Å². The van der Waals surface area contributed by atoms with Crippen LogP contribution in [0.15, 0.2) is 66.4 Å². The fourth-order valence-electron chi connectivity index (χ4n) is 3.12. The molecule has 4 nitrogen and oxygen atoms in total. The molecule has 4 heteroatoms. The van der Waals surface area contributed by atoms with Crippen LogP contribution in [0, 0.1) is 0 Å². The molecule has 26 heavy (non-hydrogen) atoms. The first-order chi connectivity index (χ1) is 12.7. The van der Waals surface area contributed by atoms with Gasteiger partial charge in [-0.1, -0.05) is 36.4 Å². The van der Waals surface area contributed by atoms with Gasteiger partial charge in [0, 0.05) is 23.4 Å². The summed E-state index contributed by atoms with van der Waals surface area (Å²) >= 11 is 0. The first kappa shape index (κ1) is 17.9. The van der Waals surface area contributed by atoms with Crippen LogP contribution in [0.2, 0.25) is 0 Å². The van der Waals surface area contributed by atoms with Gasteiger partial charge in [-0.25, -0.2) is 0 Å². The van der Waals surface area contributed by atoms with Gasteiger partial charge in [-0.05, 0) is 50.5 Å². The van der Waals surface area contributed by atoms with Gasteiger partial charge in [-0.3, -0.25) is 9.59 Å². The molecule has 134 valence electrons. The molecular formula is C22H23NO3. The van der Waals surface area contributed by atoms with E-state index in [2.05, 4.69) is 6.08 Å². The first-order valence-corrected chi connectivity index (χ1v) is 9.01. The molecule has 0 radical (unpaired) electrons. The number of benzene rings is 2. The minimum Gasteiger partial charge on any atom is -0.484 e. The molecule has 1 amide bonds. The molecule has 0 saturated heterocycles. The number of hydrogen-bond donors (Lipinski definition) is 0. The topological polar surface area (TPSA) is 46.6 Å². The van der Waals surface area contributed by atoms with E-state index in [1.807, 2.05) is 25.1 Å². The molecular weight excluding hydrogens is 326 g/mol. The van der Waals surface area contributed by atoms with E-state index < -0.39 is 0 Å². The summed E-state index contributed by atoms with van der Waals surface area (Å²) in [5.74, 6) is 0.517. The Morgan fingerprint density at radius 1 is 1.00 bits per heavy atom. The second-order valence-electron chi connectivity index (χ2n) is 6.23. The number of likely N-dealkylation sites (N-methyl/N-ethyl adjacent to an activating group) is 1. The highest BCUT2D eigenvalue weighted by atomic mass is 16.5. The van der Waals surface area contributed by atoms with E-state index in [0.717, 1.165) is 25.0 Å². The molecule has 2 aromatic carbocycles. The second kappa shape index (κ2) is 8.48. The summed E-state index contributed by atoms with van der Waals surface area (Å²) in [6.07, 6.45) is 5.23. The van der Waals surface area contributed by atoms with Crippen molar-refractivity contribution in [2.24, 2.45) is 0 Å². The van der Waals surface area contributed by atoms with Gasteiger partial charge in [-0.2, -0.15) is 0 Å². The average Bonchev–Trinajstić information content (AvgIpc) is 3.22. The van der Waals surface area contributed by atoms with Crippen molar-refractivity contribution in [3.05, 3.63) is 77.5 Å². The minimum absolute atomic E-state index is 0.00282. The van der Waals surface area contributed by atoms with Crippen LogP contribution in [0.4, 0.5) is 0 Å². The van der Waals surface area contributed by atoms with E-state index in [0.29, 0.717) is 23.4 Å². The van der Waals surface area contributed by atoms with Crippen LogP contribution < -0.4 is 4.74 Å². The molecule has 1 aliphatic rings. The Morgan fingerprint density at radius 2 is 1.69 bits per heavy atom. The van der Waals surface area contributed by atoms with Crippen LogP contribution in [-0.4, -0.2) is 29.7 Å². The predicted octanol–water partition coefficient (Wildman–Crippen LogP) is 4.21. The lowest BCUT2D eigenvalue weighted by Gasteiger charge is -2.22. The standard InChI is InChI=1S/C22H23NO3/c1-2-23(19-10-6-7-11-19)21(24)16-26-20-14-12-18(13-15-20)22(25)17-8-4-3-5-9-17/h3-5,8-10,12-15H,2,6-7,11,16H2,1H3. The quantitative estimate of drug-likeness (QED) is 0.703. The highest BCUT2D eigenvalue weighted by Crippen LogP contribution is 2.22. The number of ketones is 1. The van der Waals surface area contributed by atoms with E-state index in [9.17, 15) is 9.59 Å². The molecule has 0 fully saturated rings. The highest BCUT2D eigenvalue weighted by molar-refractivity contribution is 6.08. The van der Waals surface area contributed by atoms with Gasteiger partial charge in [0.1, 0.15) is 5.75 Å². The molecule has 2 aromatic rings. The average molecular weight is 349 g/mol. The summed E-state index contributed by atoms with van der Waals surface area (Å²) in [7, 11) is 0. The zero-order chi connectivity index (χ0) is 18.4. The second-order valence-corrected chi connectivity index (χ2v) is 6.23. The summed E-state index contributed by atoms with van der Waals surface area (Å²) in [4.78, 5) is 26.6. The summed E-state index contributed by atoms with van der Waals surface area (Å²) in [5.41, 5.74) is 2.35. The van der Waals surface area contributed by atoms with Crippen molar-refractivity contribution in [1.29, 1.82) is 0 Å². The summed E-state index contributed by atoms with van der Waals surface area (Å²) in [6.45, 7) is 2.62. The number of carbonyl (C=O) groups excluding carboxylic acids is 2. The smallest absolute Gasteiger partial charge is 0.264 e. The summed E-state index contributed by atoms with van der Waals surface area (Å²) in [6, 6.07) is 16.1. The van der Waals surface area contributed by atoms with Crippen LogP contribution >= 0.6 is 0 Å². The number of hydrogen-bond acceptors (Lipinski definition) is 3. The number of amides is 1. The number of ether oxygens (including phenoxy) is 1. The lowest BCUT2D eigenvalue weighted by atomic mass is 10.0. The number of allylic oxidation sites excluding steroid dienone is 2. The molecule has 0 atom stereocenters. The Morgan fingerprint density at radius 3 is 2.31 bits per heavy atom. The van der Waals surface area contributed by atoms with Crippen LogP contribution in [0.5, 0.6) is 5.75 Å². The minimum atomic E-state index is -0.0370. The summed E-state index contributed by atoms with van der Waals surface area (Å²) < 4.78 is 5.62. The van der Waals surface area contributed by atoms with E-state index >= 15 is 0 Å². The number of carbonyl (C=O) groups is 2. The maximum absolute atomic E-state index is 12.4. The monoisotopic (exact) mass is 349 g/mol. The lowest BCUT2D eigenvalue weighted by Crippen LogP contribution is -2.33. The zero-order valence-electron chi connectivity index (χ0n) is 15.0. The van der Waals surface area contributed by atoms with Crippen molar-refractivity contribution in [3.63, 3.8) is 0 Å². The number of rotatable bonds is 7. The molecule has 0 aliphatic heterocycles. The Bertz CT molecular complexity index is 794. The van der Waals surface area contributed by atoms with Gasteiger partial charge in [0.25, 0.3) is 5.91 Å². The highest BCUT2D eigenvalue weighted by Gasteiger charge is 2.19. The van der Waals surface area contributed by atoms with E-state index in [1.54, 1.807) is 41.3 Å². The molecule has 0 bridgehead atoms. The van der Waals surface area contributed by atoms with Crippen molar-refractivity contribution < 1.29 is 14.3 Å². The molecule has 0 unspecified atom stereocenters. The Hall–Kier alpha value is -2.88.